The third kappa shape index (κ3) is 2.34. The van der Waals surface area contributed by atoms with Crippen molar-refractivity contribution < 1.29 is 13.8 Å². The zero-order valence-electron chi connectivity index (χ0n) is 10.6. The van der Waals surface area contributed by atoms with Gasteiger partial charge in [-0.1, -0.05) is 18.2 Å². The number of nitrogens with two attached hydrogens (primary N) is 1. The molecule has 0 radical (unpaired) electrons. The largest absolute Gasteiger partial charge is 0.379 e. The summed E-state index contributed by atoms with van der Waals surface area (Å²) in [6.45, 7) is 0.183. The van der Waals surface area contributed by atoms with Gasteiger partial charge in [0.25, 0.3) is 5.91 Å². The lowest BCUT2D eigenvalue weighted by atomic mass is 10.2. The van der Waals surface area contributed by atoms with Crippen molar-refractivity contribution in [2.24, 2.45) is 0 Å². The second-order valence-electron chi connectivity index (χ2n) is 4.75. The molecule has 1 aromatic carbocycles. The van der Waals surface area contributed by atoms with Crippen LogP contribution in [0.2, 0.25) is 0 Å². The van der Waals surface area contributed by atoms with Gasteiger partial charge in [0.2, 0.25) is 11.5 Å². The van der Waals surface area contributed by atoms with Gasteiger partial charge in [0, 0.05) is 18.2 Å². The van der Waals surface area contributed by atoms with Crippen LogP contribution in [0.25, 0.3) is 0 Å². The first kappa shape index (κ1) is 12.6. The molecule has 0 unspecified atom stereocenters. The smallest absolute Gasteiger partial charge is 0.280 e. The van der Waals surface area contributed by atoms with E-state index in [1.165, 1.54) is 6.07 Å². The van der Waals surface area contributed by atoms with Gasteiger partial charge >= 0.3 is 0 Å². The summed E-state index contributed by atoms with van der Waals surface area (Å²) in [5.41, 5.74) is 5.97. The summed E-state index contributed by atoms with van der Waals surface area (Å²) < 4.78 is 18.2. The number of benzene rings is 1. The minimum Gasteiger partial charge on any atom is -0.379 e. The number of carbonyl (C=O) groups excluding carboxylic acids is 1. The van der Waals surface area contributed by atoms with Crippen molar-refractivity contribution in [3.05, 3.63) is 41.3 Å². The van der Waals surface area contributed by atoms with Crippen molar-refractivity contribution >= 4 is 11.7 Å². The summed E-state index contributed by atoms with van der Waals surface area (Å²) in [5, 5.41) is 6.91. The predicted molar refractivity (Wildman–Crippen MR) is 68.0 cm³/mol. The first-order valence-electron chi connectivity index (χ1n) is 6.29. The molecule has 104 valence electrons. The Morgan fingerprint density at radius 1 is 1.40 bits per heavy atom. The molecule has 0 bridgehead atoms. The average molecular weight is 276 g/mol. The highest BCUT2D eigenvalue weighted by Gasteiger charge is 2.35. The number of rotatable bonds is 4. The van der Waals surface area contributed by atoms with Crippen LogP contribution in [-0.2, 0) is 6.54 Å². The van der Waals surface area contributed by atoms with Gasteiger partial charge < -0.3 is 10.6 Å². The molecular formula is C13H13FN4O2. The van der Waals surface area contributed by atoms with Gasteiger partial charge in [-0.2, -0.15) is 0 Å². The second kappa shape index (κ2) is 4.92. The van der Waals surface area contributed by atoms with E-state index < -0.39 is 0 Å². The molecule has 0 atom stereocenters. The molecule has 0 aliphatic heterocycles. The lowest BCUT2D eigenvalue weighted by Gasteiger charge is -2.21. The van der Waals surface area contributed by atoms with Gasteiger partial charge in [-0.15, -0.1) is 0 Å². The van der Waals surface area contributed by atoms with E-state index in [1.807, 2.05) is 0 Å². The van der Waals surface area contributed by atoms with Crippen LogP contribution in [0.5, 0.6) is 0 Å². The number of nitrogens with zero attached hydrogens (tertiary/aromatic N) is 3. The molecule has 1 saturated carbocycles. The Labute approximate surface area is 114 Å². The predicted octanol–water partition coefficient (Wildman–Crippen LogP) is 1.60. The van der Waals surface area contributed by atoms with Crippen molar-refractivity contribution in [1.82, 2.24) is 15.2 Å². The van der Waals surface area contributed by atoms with E-state index in [0.717, 1.165) is 12.8 Å². The molecule has 7 heteroatoms. The lowest BCUT2D eigenvalue weighted by molar-refractivity contribution is 0.0717. The van der Waals surface area contributed by atoms with Gasteiger partial charge in [0.1, 0.15) is 5.82 Å². The van der Waals surface area contributed by atoms with Crippen LogP contribution < -0.4 is 5.73 Å². The zero-order chi connectivity index (χ0) is 14.1. The van der Waals surface area contributed by atoms with E-state index in [-0.39, 0.29) is 35.8 Å². The first-order chi connectivity index (χ1) is 9.66. The highest BCUT2D eigenvalue weighted by Crippen LogP contribution is 2.30. The summed E-state index contributed by atoms with van der Waals surface area (Å²) in [6, 6.07) is 6.47. The number of hydrogen-bond acceptors (Lipinski definition) is 5. The van der Waals surface area contributed by atoms with Crippen LogP contribution in [0.4, 0.5) is 10.2 Å². The maximum absolute atomic E-state index is 13.7. The van der Waals surface area contributed by atoms with E-state index in [4.69, 9.17) is 5.73 Å². The minimum absolute atomic E-state index is 0.0201. The number of anilines is 1. The molecule has 20 heavy (non-hydrogen) atoms. The average Bonchev–Trinajstić information content (AvgIpc) is 3.19. The Kier molecular flexibility index (Phi) is 3.09. The van der Waals surface area contributed by atoms with E-state index in [9.17, 15) is 9.18 Å². The zero-order valence-corrected chi connectivity index (χ0v) is 10.6. The number of amides is 1. The highest BCUT2D eigenvalue weighted by molar-refractivity contribution is 5.96. The SMILES string of the molecule is Nc1nonc1C(=O)N(Cc1ccccc1F)C1CC1. The number of halogens is 1. The van der Waals surface area contributed by atoms with Crippen molar-refractivity contribution in [2.75, 3.05) is 5.73 Å². The fraction of sp³-hybridized carbons (Fsp3) is 0.308. The molecule has 1 aliphatic carbocycles. The Morgan fingerprint density at radius 3 is 2.75 bits per heavy atom. The summed E-state index contributed by atoms with van der Waals surface area (Å²) in [6.07, 6.45) is 1.79. The third-order valence-electron chi connectivity index (χ3n) is 3.26. The van der Waals surface area contributed by atoms with Crippen molar-refractivity contribution in [2.45, 2.75) is 25.4 Å². The lowest BCUT2D eigenvalue weighted by Crippen LogP contribution is -2.33. The summed E-state index contributed by atoms with van der Waals surface area (Å²) in [7, 11) is 0. The molecule has 0 spiro atoms. The van der Waals surface area contributed by atoms with E-state index in [2.05, 4.69) is 14.9 Å². The van der Waals surface area contributed by atoms with E-state index >= 15 is 0 Å². The van der Waals surface area contributed by atoms with Gasteiger partial charge in [-0.25, -0.2) is 9.02 Å². The highest BCUT2D eigenvalue weighted by atomic mass is 19.1. The quantitative estimate of drug-likeness (QED) is 0.916. The van der Waals surface area contributed by atoms with Crippen molar-refractivity contribution in [1.29, 1.82) is 0 Å². The maximum atomic E-state index is 13.7. The normalized spacial score (nSPS) is 14.2. The fourth-order valence-corrected chi connectivity index (χ4v) is 2.04. The van der Waals surface area contributed by atoms with Crippen LogP contribution in [0.3, 0.4) is 0 Å². The van der Waals surface area contributed by atoms with Crippen molar-refractivity contribution in [3.63, 3.8) is 0 Å². The number of nitrogen functional groups attached to an aromatic ring is 1. The molecule has 1 amide bonds. The second-order valence-corrected chi connectivity index (χ2v) is 4.75. The maximum Gasteiger partial charge on any atom is 0.280 e. The topological polar surface area (TPSA) is 85.2 Å². The molecule has 2 aromatic rings. The number of aromatic nitrogens is 2. The monoisotopic (exact) mass is 276 g/mol. The molecular weight excluding hydrogens is 263 g/mol. The van der Waals surface area contributed by atoms with E-state index in [1.54, 1.807) is 23.1 Å². The van der Waals surface area contributed by atoms with Crippen LogP contribution in [0, 0.1) is 5.82 Å². The summed E-state index contributed by atoms with van der Waals surface area (Å²) in [4.78, 5) is 13.9. The third-order valence-corrected chi connectivity index (χ3v) is 3.26. The van der Waals surface area contributed by atoms with Crippen LogP contribution >= 0.6 is 0 Å². The molecule has 1 aliphatic rings. The van der Waals surface area contributed by atoms with Crippen LogP contribution in [0.15, 0.2) is 28.9 Å². The van der Waals surface area contributed by atoms with Gasteiger partial charge in [0.15, 0.2) is 0 Å². The van der Waals surface area contributed by atoms with Crippen LogP contribution in [0.1, 0.15) is 28.9 Å². The Balaban J connectivity index is 1.85. The Bertz CT molecular complexity index is 639. The van der Waals surface area contributed by atoms with Crippen LogP contribution in [-0.4, -0.2) is 27.2 Å². The molecule has 2 N–H and O–H groups in total. The molecule has 6 nitrogen and oxygen atoms in total. The summed E-state index contributed by atoms with van der Waals surface area (Å²) in [5.74, 6) is -0.763. The Morgan fingerprint density at radius 2 is 2.15 bits per heavy atom. The molecule has 0 saturated heterocycles. The summed E-state index contributed by atoms with van der Waals surface area (Å²) >= 11 is 0. The standard InChI is InChI=1S/C13H13FN4O2/c14-10-4-2-1-3-8(10)7-18(9-5-6-9)13(19)11-12(15)17-20-16-11/h1-4,9H,5-7H2,(H2,15,17). The number of hydrogen-bond donors (Lipinski definition) is 1. The fourth-order valence-electron chi connectivity index (χ4n) is 2.04. The molecule has 1 fully saturated rings. The molecule has 1 heterocycles. The molecule has 1 aromatic heterocycles. The first-order valence-corrected chi connectivity index (χ1v) is 6.29. The van der Waals surface area contributed by atoms with Gasteiger partial charge in [-0.3, -0.25) is 4.79 Å². The molecule has 3 rings (SSSR count). The Hall–Kier alpha value is -2.44. The van der Waals surface area contributed by atoms with Crippen molar-refractivity contribution in [3.8, 4) is 0 Å². The van der Waals surface area contributed by atoms with Gasteiger partial charge in [-0.05, 0) is 29.2 Å². The van der Waals surface area contributed by atoms with E-state index in [0.29, 0.717) is 5.56 Å². The van der Waals surface area contributed by atoms with Gasteiger partial charge in [0.05, 0.1) is 0 Å². The minimum atomic E-state index is -0.380. The number of carbonyl (C=O) groups is 1.